The first-order valence-corrected chi connectivity index (χ1v) is 6.81. The maximum Gasteiger partial charge on any atom is 0.223 e. The number of aryl methyl sites for hydroxylation is 1. The Morgan fingerprint density at radius 3 is 3.06 bits per heavy atom. The van der Waals surface area contributed by atoms with Crippen LogP contribution >= 0.6 is 0 Å². The van der Waals surface area contributed by atoms with E-state index in [0.717, 1.165) is 37.3 Å². The Hall–Kier alpha value is -1.45. The molecule has 1 aromatic heterocycles. The fourth-order valence-electron chi connectivity index (χ4n) is 2.56. The van der Waals surface area contributed by atoms with E-state index in [-0.39, 0.29) is 11.9 Å². The van der Waals surface area contributed by atoms with Crippen molar-refractivity contribution in [1.29, 1.82) is 0 Å². The summed E-state index contributed by atoms with van der Waals surface area (Å²) in [7, 11) is 0. The Kier molecular flexibility index (Phi) is 4.28. The van der Waals surface area contributed by atoms with Crippen molar-refractivity contribution in [3.05, 3.63) is 23.8 Å². The van der Waals surface area contributed by atoms with Crippen LogP contribution in [0.3, 0.4) is 0 Å². The van der Waals surface area contributed by atoms with Gasteiger partial charge < -0.3 is 4.90 Å². The molecule has 4 nitrogen and oxygen atoms in total. The van der Waals surface area contributed by atoms with Gasteiger partial charge in [-0.05, 0) is 38.7 Å². The number of rotatable bonds is 3. The highest BCUT2D eigenvalue weighted by Gasteiger charge is 2.28. The molecule has 18 heavy (non-hydrogen) atoms. The van der Waals surface area contributed by atoms with Gasteiger partial charge in [0.1, 0.15) is 5.82 Å². The van der Waals surface area contributed by atoms with Gasteiger partial charge in [-0.15, -0.1) is 0 Å². The molecule has 1 aliphatic heterocycles. The number of nitrogens with zero attached hydrogens (tertiary/aromatic N) is 3. The van der Waals surface area contributed by atoms with Crippen LogP contribution < -0.4 is 0 Å². The van der Waals surface area contributed by atoms with Crippen molar-refractivity contribution >= 4 is 5.91 Å². The largest absolute Gasteiger partial charge is 0.334 e. The lowest BCUT2D eigenvalue weighted by Crippen LogP contribution is -2.38. The lowest BCUT2D eigenvalue weighted by Gasteiger charge is -2.35. The first-order chi connectivity index (χ1) is 8.72. The van der Waals surface area contributed by atoms with Gasteiger partial charge in [0.15, 0.2) is 0 Å². The SMILES string of the molecule is CCCC(=O)N1CCCC[C@H]1c1ccnc(C)n1. The average molecular weight is 247 g/mol. The summed E-state index contributed by atoms with van der Waals surface area (Å²) in [6.07, 6.45) is 6.63. The highest BCUT2D eigenvalue weighted by atomic mass is 16.2. The third-order valence-corrected chi connectivity index (χ3v) is 3.43. The predicted molar refractivity (Wildman–Crippen MR) is 70.0 cm³/mol. The van der Waals surface area contributed by atoms with Crippen molar-refractivity contribution in [2.75, 3.05) is 6.54 Å². The Morgan fingerprint density at radius 1 is 1.50 bits per heavy atom. The molecule has 1 aliphatic rings. The Morgan fingerprint density at radius 2 is 2.33 bits per heavy atom. The third-order valence-electron chi connectivity index (χ3n) is 3.43. The van der Waals surface area contributed by atoms with E-state index < -0.39 is 0 Å². The molecule has 98 valence electrons. The second-order valence-corrected chi connectivity index (χ2v) is 4.88. The van der Waals surface area contributed by atoms with E-state index in [0.29, 0.717) is 6.42 Å². The normalized spacial score (nSPS) is 19.9. The molecule has 4 heteroatoms. The number of hydrogen-bond acceptors (Lipinski definition) is 3. The van der Waals surface area contributed by atoms with E-state index in [1.165, 1.54) is 6.42 Å². The van der Waals surface area contributed by atoms with E-state index in [1.807, 2.05) is 24.8 Å². The first kappa shape index (κ1) is 13.0. The molecule has 1 saturated heterocycles. The van der Waals surface area contributed by atoms with Gasteiger partial charge in [-0.25, -0.2) is 9.97 Å². The van der Waals surface area contributed by atoms with Crippen LogP contribution in [0.2, 0.25) is 0 Å². The van der Waals surface area contributed by atoms with E-state index in [1.54, 1.807) is 6.20 Å². The minimum absolute atomic E-state index is 0.152. The van der Waals surface area contributed by atoms with E-state index in [9.17, 15) is 4.79 Å². The second kappa shape index (κ2) is 5.94. The summed E-state index contributed by atoms with van der Waals surface area (Å²) in [6.45, 7) is 4.81. The van der Waals surface area contributed by atoms with Gasteiger partial charge in [0.2, 0.25) is 5.91 Å². The monoisotopic (exact) mass is 247 g/mol. The van der Waals surface area contributed by atoms with Gasteiger partial charge in [-0.1, -0.05) is 6.92 Å². The van der Waals surface area contributed by atoms with Crippen LogP contribution in [0.5, 0.6) is 0 Å². The fraction of sp³-hybridized carbons (Fsp3) is 0.643. The minimum Gasteiger partial charge on any atom is -0.334 e. The highest BCUT2D eigenvalue weighted by Crippen LogP contribution is 2.30. The molecule has 0 aromatic carbocycles. The summed E-state index contributed by atoms with van der Waals surface area (Å²) in [6, 6.07) is 2.09. The third kappa shape index (κ3) is 2.86. The van der Waals surface area contributed by atoms with Crippen molar-refractivity contribution in [1.82, 2.24) is 14.9 Å². The van der Waals surface area contributed by atoms with Crippen LogP contribution in [0.4, 0.5) is 0 Å². The van der Waals surface area contributed by atoms with Gasteiger partial charge in [0, 0.05) is 19.2 Å². The van der Waals surface area contributed by atoms with Crippen LogP contribution in [0, 0.1) is 6.92 Å². The van der Waals surface area contributed by atoms with Gasteiger partial charge in [0.05, 0.1) is 11.7 Å². The lowest BCUT2D eigenvalue weighted by molar-refractivity contribution is -0.135. The molecule has 1 fully saturated rings. The maximum absolute atomic E-state index is 12.1. The Labute approximate surface area is 108 Å². The molecule has 0 aliphatic carbocycles. The first-order valence-electron chi connectivity index (χ1n) is 6.81. The Bertz CT molecular complexity index is 419. The molecule has 1 atom stereocenters. The van der Waals surface area contributed by atoms with Crippen LogP contribution in [-0.2, 0) is 4.79 Å². The van der Waals surface area contributed by atoms with E-state index in [2.05, 4.69) is 9.97 Å². The molecule has 0 saturated carbocycles. The zero-order valence-electron chi connectivity index (χ0n) is 11.2. The molecular weight excluding hydrogens is 226 g/mol. The second-order valence-electron chi connectivity index (χ2n) is 4.88. The smallest absolute Gasteiger partial charge is 0.223 e. The standard InChI is InChI=1S/C14H21N3O/c1-3-6-14(18)17-10-5-4-7-13(17)12-8-9-15-11(2)16-12/h8-9,13H,3-7,10H2,1-2H3/t13-/m0/s1. The summed E-state index contributed by atoms with van der Waals surface area (Å²) in [5.41, 5.74) is 0.992. The van der Waals surface area contributed by atoms with Gasteiger partial charge in [-0.2, -0.15) is 0 Å². The number of amides is 1. The van der Waals surface area contributed by atoms with Crippen molar-refractivity contribution in [2.45, 2.75) is 52.0 Å². The zero-order chi connectivity index (χ0) is 13.0. The number of likely N-dealkylation sites (tertiary alicyclic amines) is 1. The average Bonchev–Trinajstić information content (AvgIpc) is 2.39. The van der Waals surface area contributed by atoms with Gasteiger partial charge in [-0.3, -0.25) is 4.79 Å². The number of carbonyl (C=O) groups is 1. The summed E-state index contributed by atoms with van der Waals surface area (Å²) in [5.74, 6) is 1.04. The van der Waals surface area contributed by atoms with Crippen LogP contribution in [0.25, 0.3) is 0 Å². The number of aromatic nitrogens is 2. The summed E-state index contributed by atoms with van der Waals surface area (Å²) in [5, 5.41) is 0. The molecule has 0 spiro atoms. The Balaban J connectivity index is 2.20. The summed E-state index contributed by atoms with van der Waals surface area (Å²) < 4.78 is 0. The van der Waals surface area contributed by atoms with Crippen LogP contribution in [-0.4, -0.2) is 27.3 Å². The molecule has 0 radical (unpaired) electrons. The van der Waals surface area contributed by atoms with Crippen molar-refractivity contribution in [3.63, 3.8) is 0 Å². The maximum atomic E-state index is 12.1. The fourth-order valence-corrected chi connectivity index (χ4v) is 2.56. The predicted octanol–water partition coefficient (Wildman–Crippen LogP) is 2.64. The topological polar surface area (TPSA) is 46.1 Å². The lowest BCUT2D eigenvalue weighted by atomic mass is 9.98. The molecule has 2 rings (SSSR count). The molecule has 2 heterocycles. The molecule has 1 amide bonds. The number of piperidine rings is 1. The quantitative estimate of drug-likeness (QED) is 0.825. The summed E-state index contributed by atoms with van der Waals surface area (Å²) >= 11 is 0. The van der Waals surface area contributed by atoms with Crippen molar-refractivity contribution in [3.8, 4) is 0 Å². The number of carbonyl (C=O) groups excluding carboxylic acids is 1. The minimum atomic E-state index is 0.152. The van der Waals surface area contributed by atoms with Crippen LogP contribution in [0.1, 0.15) is 56.6 Å². The number of hydrogen-bond donors (Lipinski definition) is 0. The zero-order valence-corrected chi connectivity index (χ0v) is 11.2. The van der Waals surface area contributed by atoms with Gasteiger partial charge in [0.25, 0.3) is 0 Å². The van der Waals surface area contributed by atoms with Gasteiger partial charge >= 0.3 is 0 Å². The van der Waals surface area contributed by atoms with Crippen molar-refractivity contribution < 1.29 is 4.79 Å². The van der Waals surface area contributed by atoms with Crippen LogP contribution in [0.15, 0.2) is 12.3 Å². The molecule has 0 bridgehead atoms. The molecule has 1 aromatic rings. The molecule has 0 N–H and O–H groups in total. The van der Waals surface area contributed by atoms with E-state index in [4.69, 9.17) is 0 Å². The highest BCUT2D eigenvalue weighted by molar-refractivity contribution is 5.76. The summed E-state index contributed by atoms with van der Waals surface area (Å²) in [4.78, 5) is 22.8. The van der Waals surface area contributed by atoms with E-state index >= 15 is 0 Å². The molecule has 0 unspecified atom stereocenters. The molecular formula is C14H21N3O. The van der Waals surface area contributed by atoms with Crippen molar-refractivity contribution in [2.24, 2.45) is 0 Å².